The number of rotatable bonds is 6. The molecule has 0 fully saturated rings. The number of halogens is 3. The molecular formula is C18H14F3N3O3S. The number of hydrogen-bond acceptors (Lipinski definition) is 6. The molecule has 6 nitrogen and oxygen atoms in total. The molecule has 0 bridgehead atoms. The number of ether oxygens (including phenoxy) is 3. The largest absolute Gasteiger partial charge is 0.489 e. The van der Waals surface area contributed by atoms with Crippen LogP contribution < -0.4 is 14.2 Å². The van der Waals surface area contributed by atoms with Gasteiger partial charge >= 0.3 is 12.5 Å². The number of aromatic nitrogens is 3. The van der Waals surface area contributed by atoms with Gasteiger partial charge in [-0.05, 0) is 6.07 Å². The van der Waals surface area contributed by atoms with E-state index in [1.165, 1.54) is 23.9 Å². The Labute approximate surface area is 161 Å². The Kier molecular flexibility index (Phi) is 4.80. The van der Waals surface area contributed by atoms with E-state index in [1.54, 1.807) is 18.3 Å². The lowest BCUT2D eigenvalue weighted by molar-refractivity contribution is -0.281. The minimum absolute atomic E-state index is 0.111. The summed E-state index contributed by atoms with van der Waals surface area (Å²) in [6, 6.07) is 6.22. The standard InChI is InChI=1S/C18H14F3N3O3S/c1-2-5-25-11-3-4-22-10(6-11)9-28-17-23-12-7-14-15(8-13(12)24-17)27-18(20,21)16(19)26-14/h2-4,6-8,16H,1,5,9H2,(H,23,24). The van der Waals surface area contributed by atoms with E-state index in [4.69, 9.17) is 4.74 Å². The van der Waals surface area contributed by atoms with Crippen LogP contribution in [0.25, 0.3) is 11.0 Å². The van der Waals surface area contributed by atoms with Crippen molar-refractivity contribution in [3.8, 4) is 17.2 Å². The first-order chi connectivity index (χ1) is 13.4. The normalized spacial score (nSPS) is 17.5. The Bertz CT molecular complexity index is 1030. The Morgan fingerprint density at radius 3 is 3.00 bits per heavy atom. The fraction of sp³-hybridized carbons (Fsp3) is 0.222. The van der Waals surface area contributed by atoms with Crippen molar-refractivity contribution < 1.29 is 27.4 Å². The van der Waals surface area contributed by atoms with Gasteiger partial charge in [-0.3, -0.25) is 4.98 Å². The fourth-order valence-electron chi connectivity index (χ4n) is 2.53. The molecule has 1 aliphatic heterocycles. The zero-order valence-electron chi connectivity index (χ0n) is 14.3. The molecule has 28 heavy (non-hydrogen) atoms. The Morgan fingerprint density at radius 1 is 1.32 bits per heavy atom. The minimum atomic E-state index is -4.04. The van der Waals surface area contributed by atoms with Gasteiger partial charge in [0.05, 0.1) is 16.7 Å². The van der Waals surface area contributed by atoms with E-state index in [9.17, 15) is 13.2 Å². The monoisotopic (exact) mass is 409 g/mol. The highest BCUT2D eigenvalue weighted by atomic mass is 32.2. The molecule has 0 saturated heterocycles. The number of nitrogens with one attached hydrogen (secondary N) is 1. The van der Waals surface area contributed by atoms with E-state index in [0.29, 0.717) is 34.3 Å². The maximum atomic E-state index is 13.3. The molecule has 1 atom stereocenters. The van der Waals surface area contributed by atoms with Gasteiger partial charge in [0.2, 0.25) is 0 Å². The molecule has 1 N–H and O–H groups in total. The number of alkyl halides is 3. The van der Waals surface area contributed by atoms with E-state index >= 15 is 0 Å². The summed E-state index contributed by atoms with van der Waals surface area (Å²) in [4.78, 5) is 11.6. The first-order valence-electron chi connectivity index (χ1n) is 8.17. The number of imidazole rings is 1. The van der Waals surface area contributed by atoms with Crippen LogP contribution in [-0.2, 0) is 5.75 Å². The fourth-order valence-corrected chi connectivity index (χ4v) is 3.32. The average molecular weight is 409 g/mol. The number of aromatic amines is 1. The quantitative estimate of drug-likeness (QED) is 0.478. The number of fused-ring (bicyclic) bond motifs is 2. The molecule has 3 heterocycles. The summed E-state index contributed by atoms with van der Waals surface area (Å²) in [5, 5.41) is 0.542. The summed E-state index contributed by atoms with van der Waals surface area (Å²) in [5.41, 5.74) is 1.69. The molecule has 10 heteroatoms. The van der Waals surface area contributed by atoms with E-state index in [1.807, 2.05) is 6.07 Å². The zero-order valence-corrected chi connectivity index (χ0v) is 15.1. The van der Waals surface area contributed by atoms with Crippen molar-refractivity contribution in [1.29, 1.82) is 0 Å². The predicted octanol–water partition coefficient (Wildman–Crippen LogP) is 4.47. The lowest BCUT2D eigenvalue weighted by Gasteiger charge is -2.28. The van der Waals surface area contributed by atoms with Gasteiger partial charge in [0, 0.05) is 30.1 Å². The third-order valence-corrected chi connectivity index (χ3v) is 4.69. The molecule has 0 spiro atoms. The van der Waals surface area contributed by atoms with Crippen molar-refractivity contribution in [2.24, 2.45) is 0 Å². The number of H-pyrrole nitrogens is 1. The average Bonchev–Trinajstić information content (AvgIpc) is 3.06. The van der Waals surface area contributed by atoms with E-state index in [0.717, 1.165) is 5.69 Å². The molecule has 146 valence electrons. The van der Waals surface area contributed by atoms with Gasteiger partial charge in [0.25, 0.3) is 0 Å². The highest BCUT2D eigenvalue weighted by Crippen LogP contribution is 2.42. The first-order valence-corrected chi connectivity index (χ1v) is 9.16. The molecule has 1 aromatic carbocycles. The smallest absolute Gasteiger partial charge is 0.468 e. The molecule has 3 aromatic rings. The third-order valence-electron chi connectivity index (χ3n) is 3.78. The topological polar surface area (TPSA) is 69.3 Å². The summed E-state index contributed by atoms with van der Waals surface area (Å²) in [5.74, 6) is 0.810. The summed E-state index contributed by atoms with van der Waals surface area (Å²) in [7, 11) is 0. The Hall–Kier alpha value is -2.88. The van der Waals surface area contributed by atoms with Crippen molar-refractivity contribution in [3.05, 3.63) is 48.8 Å². The van der Waals surface area contributed by atoms with Crippen LogP contribution in [0.3, 0.4) is 0 Å². The van der Waals surface area contributed by atoms with Gasteiger partial charge in [-0.1, -0.05) is 24.4 Å². The number of hydrogen-bond donors (Lipinski definition) is 1. The second-order valence-corrected chi connectivity index (χ2v) is 6.79. The highest BCUT2D eigenvalue weighted by Gasteiger charge is 2.49. The van der Waals surface area contributed by atoms with Crippen LogP contribution >= 0.6 is 11.8 Å². The van der Waals surface area contributed by atoms with Crippen molar-refractivity contribution in [2.45, 2.75) is 23.4 Å². The Morgan fingerprint density at radius 2 is 2.18 bits per heavy atom. The summed E-state index contributed by atoms with van der Waals surface area (Å²) >= 11 is 1.37. The van der Waals surface area contributed by atoms with Gasteiger partial charge in [-0.2, -0.15) is 13.2 Å². The zero-order chi connectivity index (χ0) is 19.7. The number of thioether (sulfide) groups is 1. The Balaban J connectivity index is 1.51. The third kappa shape index (κ3) is 3.72. The van der Waals surface area contributed by atoms with E-state index in [-0.39, 0.29) is 11.5 Å². The van der Waals surface area contributed by atoms with Gasteiger partial charge < -0.3 is 19.2 Å². The van der Waals surface area contributed by atoms with Gasteiger partial charge in [-0.25, -0.2) is 4.98 Å². The van der Waals surface area contributed by atoms with E-state index in [2.05, 4.69) is 31.0 Å². The summed E-state index contributed by atoms with van der Waals surface area (Å²) in [6.45, 7) is 3.99. The van der Waals surface area contributed by atoms with Crippen LogP contribution in [0.1, 0.15) is 5.69 Å². The number of pyridine rings is 1. The molecule has 4 rings (SSSR count). The van der Waals surface area contributed by atoms with Crippen molar-refractivity contribution in [2.75, 3.05) is 6.61 Å². The minimum Gasteiger partial charge on any atom is -0.489 e. The molecule has 0 aliphatic carbocycles. The highest BCUT2D eigenvalue weighted by molar-refractivity contribution is 7.98. The van der Waals surface area contributed by atoms with Gasteiger partial charge in [0.15, 0.2) is 16.7 Å². The molecule has 0 amide bonds. The van der Waals surface area contributed by atoms with Crippen LogP contribution in [0.4, 0.5) is 13.2 Å². The van der Waals surface area contributed by atoms with Crippen molar-refractivity contribution in [3.63, 3.8) is 0 Å². The first kappa shape index (κ1) is 18.5. The molecule has 0 saturated carbocycles. The van der Waals surface area contributed by atoms with Crippen LogP contribution in [-0.4, -0.2) is 34.0 Å². The second kappa shape index (κ2) is 7.27. The van der Waals surface area contributed by atoms with Crippen molar-refractivity contribution in [1.82, 2.24) is 15.0 Å². The second-order valence-electron chi connectivity index (χ2n) is 5.83. The maximum Gasteiger partial charge on any atom is 0.468 e. The van der Waals surface area contributed by atoms with Crippen LogP contribution in [0.2, 0.25) is 0 Å². The van der Waals surface area contributed by atoms with Crippen LogP contribution in [0, 0.1) is 0 Å². The summed E-state index contributed by atoms with van der Waals surface area (Å²) in [6.07, 6.45) is -3.62. The lowest BCUT2D eigenvalue weighted by atomic mass is 10.2. The predicted molar refractivity (Wildman–Crippen MR) is 96.7 cm³/mol. The van der Waals surface area contributed by atoms with Crippen LogP contribution in [0.15, 0.2) is 48.3 Å². The van der Waals surface area contributed by atoms with Crippen LogP contribution in [0.5, 0.6) is 17.2 Å². The molecule has 1 unspecified atom stereocenters. The molecular weight excluding hydrogens is 395 g/mol. The maximum absolute atomic E-state index is 13.3. The molecule has 0 radical (unpaired) electrons. The van der Waals surface area contributed by atoms with Gasteiger partial charge in [0.1, 0.15) is 12.4 Å². The molecule has 1 aliphatic rings. The number of nitrogens with zero attached hydrogens (tertiary/aromatic N) is 2. The van der Waals surface area contributed by atoms with E-state index < -0.39 is 12.5 Å². The van der Waals surface area contributed by atoms with Crippen molar-refractivity contribution >= 4 is 22.8 Å². The SMILES string of the molecule is C=CCOc1ccnc(CSc2nc3cc4c(cc3[nH]2)OC(F)C(F)(F)O4)c1. The number of benzene rings is 1. The summed E-state index contributed by atoms with van der Waals surface area (Å²) < 4.78 is 54.4. The van der Waals surface area contributed by atoms with Gasteiger partial charge in [-0.15, -0.1) is 0 Å². The lowest BCUT2D eigenvalue weighted by Crippen LogP contribution is -2.43. The molecule has 2 aromatic heterocycles.